The molecule has 1 heterocycles. The first kappa shape index (κ1) is 20.2. The van der Waals surface area contributed by atoms with Crippen molar-refractivity contribution in [2.75, 3.05) is 6.61 Å². The van der Waals surface area contributed by atoms with Crippen molar-refractivity contribution in [3.63, 3.8) is 0 Å². The first-order valence-corrected chi connectivity index (χ1v) is 9.76. The number of nitrogens with one attached hydrogen (secondary N) is 1. The Morgan fingerprint density at radius 2 is 1.96 bits per heavy atom. The fourth-order valence-corrected chi connectivity index (χ4v) is 3.33. The highest BCUT2D eigenvalue weighted by molar-refractivity contribution is 9.10. The number of benzene rings is 2. The van der Waals surface area contributed by atoms with Crippen LogP contribution in [0.1, 0.15) is 17.0 Å². The van der Waals surface area contributed by atoms with Gasteiger partial charge >= 0.3 is 0 Å². The normalized spacial score (nSPS) is 11.0. The zero-order valence-corrected chi connectivity index (χ0v) is 17.8. The number of halogens is 2. The molecule has 0 saturated heterocycles. The zero-order chi connectivity index (χ0) is 20.1. The molecule has 0 unspecified atom stereocenters. The van der Waals surface area contributed by atoms with Crippen LogP contribution in [0, 0.1) is 13.8 Å². The van der Waals surface area contributed by atoms with Crippen molar-refractivity contribution in [2.24, 2.45) is 5.10 Å². The molecule has 0 aliphatic carbocycles. The molecule has 0 fully saturated rings. The van der Waals surface area contributed by atoms with Crippen LogP contribution in [0.5, 0.6) is 5.75 Å². The van der Waals surface area contributed by atoms with E-state index < -0.39 is 0 Å². The maximum Gasteiger partial charge on any atom is 0.277 e. The Morgan fingerprint density at radius 3 is 2.68 bits per heavy atom. The molecule has 3 rings (SSSR count). The Bertz CT molecular complexity index is 1010. The second-order valence-corrected chi connectivity index (χ2v) is 7.53. The number of aromatic nitrogens is 1. The maximum atomic E-state index is 11.9. The van der Waals surface area contributed by atoms with Crippen LogP contribution in [-0.4, -0.2) is 23.3 Å². The molecule has 28 heavy (non-hydrogen) atoms. The van der Waals surface area contributed by atoms with Crippen LogP contribution in [-0.2, 0) is 4.79 Å². The molecule has 1 N–H and O–H groups in total. The van der Waals surface area contributed by atoms with Gasteiger partial charge in [0.15, 0.2) is 6.61 Å². The van der Waals surface area contributed by atoms with Crippen LogP contribution in [0.2, 0.25) is 5.02 Å². The summed E-state index contributed by atoms with van der Waals surface area (Å²) in [5.41, 5.74) is 6.58. The van der Waals surface area contributed by atoms with Gasteiger partial charge in [0.2, 0.25) is 0 Å². The number of hydrogen-bond donors (Lipinski definition) is 1. The van der Waals surface area contributed by atoms with Crippen LogP contribution >= 0.6 is 27.5 Å². The number of aryl methyl sites for hydroxylation is 1. The molecule has 0 bridgehead atoms. The van der Waals surface area contributed by atoms with Gasteiger partial charge in [-0.3, -0.25) is 4.79 Å². The summed E-state index contributed by atoms with van der Waals surface area (Å²) in [6, 6.07) is 16.9. The third kappa shape index (κ3) is 5.03. The van der Waals surface area contributed by atoms with E-state index in [1.165, 1.54) is 0 Å². The van der Waals surface area contributed by atoms with E-state index in [2.05, 4.69) is 37.1 Å². The van der Waals surface area contributed by atoms with Gasteiger partial charge in [-0.15, -0.1) is 0 Å². The van der Waals surface area contributed by atoms with Gasteiger partial charge < -0.3 is 9.30 Å². The predicted octanol–water partition coefficient (Wildman–Crippen LogP) is 5.04. The van der Waals surface area contributed by atoms with Crippen molar-refractivity contribution in [1.82, 2.24) is 9.99 Å². The summed E-state index contributed by atoms with van der Waals surface area (Å²) in [4.78, 5) is 11.9. The highest BCUT2D eigenvalue weighted by Crippen LogP contribution is 2.22. The third-order valence-electron chi connectivity index (χ3n) is 4.11. The number of amides is 1. The van der Waals surface area contributed by atoms with Crippen molar-refractivity contribution in [1.29, 1.82) is 0 Å². The smallest absolute Gasteiger partial charge is 0.277 e. The molecule has 7 heteroatoms. The minimum Gasteiger partial charge on any atom is -0.484 e. The number of carbonyl (C=O) groups is 1. The van der Waals surface area contributed by atoms with Crippen LogP contribution in [0.15, 0.2) is 64.2 Å². The quantitative estimate of drug-likeness (QED) is 0.414. The molecule has 5 nitrogen and oxygen atoms in total. The van der Waals surface area contributed by atoms with E-state index in [0.717, 1.165) is 27.1 Å². The van der Waals surface area contributed by atoms with Gasteiger partial charge in [-0.2, -0.15) is 5.10 Å². The topological polar surface area (TPSA) is 55.6 Å². The molecule has 0 radical (unpaired) electrons. The van der Waals surface area contributed by atoms with Gasteiger partial charge in [-0.25, -0.2) is 5.43 Å². The fourth-order valence-electron chi connectivity index (χ4n) is 2.82. The van der Waals surface area contributed by atoms with E-state index in [4.69, 9.17) is 16.3 Å². The molecule has 144 valence electrons. The molecular formula is C21H19BrClN3O2. The van der Waals surface area contributed by atoms with E-state index in [1.54, 1.807) is 30.5 Å². The minimum atomic E-state index is -0.341. The summed E-state index contributed by atoms with van der Waals surface area (Å²) in [6.07, 6.45) is 1.64. The number of hydrazone groups is 1. The second-order valence-electron chi connectivity index (χ2n) is 6.18. The van der Waals surface area contributed by atoms with Gasteiger partial charge in [0.05, 0.1) is 6.21 Å². The lowest BCUT2D eigenvalue weighted by Gasteiger charge is -2.09. The Kier molecular flexibility index (Phi) is 6.54. The van der Waals surface area contributed by atoms with Crippen LogP contribution in [0.4, 0.5) is 0 Å². The summed E-state index contributed by atoms with van der Waals surface area (Å²) in [5.74, 6) is 0.230. The molecule has 0 aliphatic heterocycles. The van der Waals surface area contributed by atoms with Crippen LogP contribution in [0.25, 0.3) is 5.69 Å². The highest BCUT2D eigenvalue weighted by Gasteiger charge is 2.10. The Balaban J connectivity index is 1.62. The monoisotopic (exact) mass is 459 g/mol. The molecule has 1 amide bonds. The van der Waals surface area contributed by atoms with E-state index in [9.17, 15) is 4.79 Å². The highest BCUT2D eigenvalue weighted by atomic mass is 79.9. The fraction of sp³-hybridized carbons (Fsp3) is 0.143. The Labute approximate surface area is 177 Å². The molecule has 1 aromatic heterocycles. The van der Waals surface area contributed by atoms with Gasteiger partial charge in [0, 0.05) is 32.1 Å². The van der Waals surface area contributed by atoms with E-state index in [0.29, 0.717) is 10.8 Å². The lowest BCUT2D eigenvalue weighted by atomic mass is 10.2. The standard InChI is InChI=1S/C21H19BrClN3O2/c1-14-10-16(15(2)26(14)19-5-3-4-17(22)11-19)12-24-25-21(27)13-28-20-8-6-18(23)7-9-20/h3-12H,13H2,1-2H3,(H,25,27)/b24-12-. The lowest BCUT2D eigenvalue weighted by Crippen LogP contribution is -2.24. The largest absolute Gasteiger partial charge is 0.484 e. The van der Waals surface area contributed by atoms with Crippen molar-refractivity contribution in [2.45, 2.75) is 13.8 Å². The van der Waals surface area contributed by atoms with Crippen LogP contribution in [0.3, 0.4) is 0 Å². The SMILES string of the molecule is Cc1cc(/C=N\NC(=O)COc2ccc(Cl)cc2)c(C)n1-c1cccc(Br)c1. The van der Waals surface area contributed by atoms with Crippen molar-refractivity contribution in [3.8, 4) is 11.4 Å². The first-order chi connectivity index (χ1) is 13.4. The van der Waals surface area contributed by atoms with Crippen molar-refractivity contribution < 1.29 is 9.53 Å². The number of hydrogen-bond acceptors (Lipinski definition) is 3. The first-order valence-electron chi connectivity index (χ1n) is 8.59. The molecular weight excluding hydrogens is 442 g/mol. The molecule has 2 aromatic carbocycles. The van der Waals surface area contributed by atoms with Gasteiger partial charge in [-0.1, -0.05) is 33.6 Å². The summed E-state index contributed by atoms with van der Waals surface area (Å²) in [6.45, 7) is 3.92. The third-order valence-corrected chi connectivity index (χ3v) is 4.86. The Hall–Kier alpha value is -2.57. The molecule has 3 aromatic rings. The van der Waals surface area contributed by atoms with Crippen LogP contribution < -0.4 is 10.2 Å². The maximum absolute atomic E-state index is 11.9. The molecule has 0 aliphatic rings. The summed E-state index contributed by atoms with van der Waals surface area (Å²) in [5, 5.41) is 4.66. The number of nitrogens with zero attached hydrogens (tertiary/aromatic N) is 2. The van der Waals surface area contributed by atoms with E-state index in [-0.39, 0.29) is 12.5 Å². The minimum absolute atomic E-state index is 0.129. The predicted molar refractivity (Wildman–Crippen MR) is 116 cm³/mol. The van der Waals surface area contributed by atoms with Gasteiger partial charge in [0.1, 0.15) is 5.75 Å². The second kappa shape index (κ2) is 9.08. The van der Waals surface area contributed by atoms with E-state index in [1.807, 2.05) is 38.1 Å². The van der Waals surface area contributed by atoms with Gasteiger partial charge in [-0.05, 0) is 62.4 Å². The molecule has 0 saturated carbocycles. The summed E-state index contributed by atoms with van der Waals surface area (Å²) < 4.78 is 8.54. The average Bonchev–Trinajstić information content (AvgIpc) is 2.95. The average molecular weight is 461 g/mol. The van der Waals surface area contributed by atoms with E-state index >= 15 is 0 Å². The number of carbonyl (C=O) groups excluding carboxylic acids is 1. The van der Waals surface area contributed by atoms with Gasteiger partial charge in [0.25, 0.3) is 5.91 Å². The lowest BCUT2D eigenvalue weighted by molar-refractivity contribution is -0.123. The summed E-state index contributed by atoms with van der Waals surface area (Å²) in [7, 11) is 0. The van der Waals surface area contributed by atoms with Crippen molar-refractivity contribution >= 4 is 39.7 Å². The van der Waals surface area contributed by atoms with Crippen molar-refractivity contribution in [3.05, 3.63) is 81.0 Å². The molecule has 0 atom stereocenters. The number of ether oxygens (including phenoxy) is 1. The number of rotatable bonds is 6. The Morgan fingerprint density at radius 1 is 1.21 bits per heavy atom. The zero-order valence-electron chi connectivity index (χ0n) is 15.4. The molecule has 0 spiro atoms. The summed E-state index contributed by atoms with van der Waals surface area (Å²) >= 11 is 9.32.